The van der Waals surface area contributed by atoms with Gasteiger partial charge in [-0.3, -0.25) is 9.97 Å². The number of pyridine rings is 2. The molecule has 4 aromatic heterocycles. The van der Waals surface area contributed by atoms with Gasteiger partial charge in [0, 0.05) is 60.8 Å². The molecule has 10 aromatic rings. The van der Waals surface area contributed by atoms with Crippen molar-refractivity contribution in [2.75, 3.05) is 0 Å². The van der Waals surface area contributed by atoms with Crippen LogP contribution in [0.25, 0.3) is 77.5 Å². The van der Waals surface area contributed by atoms with Crippen LogP contribution in [0.3, 0.4) is 0 Å². The Bertz CT molecular complexity index is 2900. The van der Waals surface area contributed by atoms with Crippen molar-refractivity contribution in [1.29, 1.82) is 0 Å². The molecule has 6 aromatic carbocycles. The zero-order chi connectivity index (χ0) is 35.3. The van der Waals surface area contributed by atoms with Crippen LogP contribution in [-0.4, -0.2) is 29.1 Å². The Morgan fingerprint density at radius 1 is 0.453 bits per heavy atom. The van der Waals surface area contributed by atoms with Gasteiger partial charge in [-0.25, -0.2) is 9.97 Å². The molecule has 0 saturated heterocycles. The Morgan fingerprint density at radius 3 is 1.36 bits per heavy atom. The number of rotatable bonds is 4. The Labute approximate surface area is 305 Å². The molecule has 0 unspecified atom stereocenters. The van der Waals surface area contributed by atoms with Gasteiger partial charge in [0.2, 0.25) is 0 Å². The number of nitrogens with zero attached hydrogens (tertiary/aromatic N) is 6. The molecule has 0 amide bonds. The largest absolute Gasteiger partial charge is 0.327 e. The number of imidazole rings is 2. The molecule has 250 valence electrons. The smallest absolute Gasteiger partial charge is 0.141 e. The van der Waals surface area contributed by atoms with Crippen LogP contribution in [0.2, 0.25) is 0 Å². The van der Waals surface area contributed by atoms with Gasteiger partial charge in [0.25, 0.3) is 0 Å². The topological polar surface area (TPSA) is 61.4 Å². The highest BCUT2D eigenvalue weighted by Crippen LogP contribution is 2.57. The lowest BCUT2D eigenvalue weighted by molar-refractivity contribution is 0.771. The van der Waals surface area contributed by atoms with Crippen LogP contribution in [0.15, 0.2) is 158 Å². The van der Waals surface area contributed by atoms with Gasteiger partial charge < -0.3 is 9.13 Å². The molecule has 0 bridgehead atoms. The quantitative estimate of drug-likeness (QED) is 0.186. The molecule has 6 nitrogen and oxygen atoms in total. The van der Waals surface area contributed by atoms with Crippen molar-refractivity contribution in [3.8, 4) is 33.9 Å². The fourth-order valence-corrected chi connectivity index (χ4v) is 9.00. The molecular formula is C47H32N6. The lowest BCUT2D eigenvalue weighted by Gasteiger charge is -2.35. The standard InChI is InChI=1S/C47H32N6/c1-52-43-17-9-7-15-41(43)50-45(52)35-25-31(23-29-19-21-48-27-37(29)35)47(39-13-5-3-11-33(39)34-12-4-6-14-40(34)47)32-24-30-20-22-49-28-38(30)36(26-32)46-51-42-16-8-10-18-44(42)53(46)2/h3-28H,1-2H3. The van der Waals surface area contributed by atoms with E-state index in [1.165, 1.54) is 33.4 Å². The summed E-state index contributed by atoms with van der Waals surface area (Å²) < 4.78 is 4.41. The molecule has 0 radical (unpaired) electrons. The third kappa shape index (κ3) is 4.09. The number of hydrogen-bond donors (Lipinski definition) is 0. The maximum atomic E-state index is 5.23. The summed E-state index contributed by atoms with van der Waals surface area (Å²) in [6.07, 6.45) is 7.73. The van der Waals surface area contributed by atoms with Crippen LogP contribution in [0.5, 0.6) is 0 Å². The maximum Gasteiger partial charge on any atom is 0.141 e. The van der Waals surface area contributed by atoms with E-state index in [-0.39, 0.29) is 0 Å². The van der Waals surface area contributed by atoms with Gasteiger partial charge >= 0.3 is 0 Å². The van der Waals surface area contributed by atoms with E-state index < -0.39 is 5.41 Å². The van der Waals surface area contributed by atoms with Crippen LogP contribution in [-0.2, 0) is 19.5 Å². The monoisotopic (exact) mass is 680 g/mol. The Balaban J connectivity index is 1.30. The van der Waals surface area contributed by atoms with Gasteiger partial charge in [-0.05, 0) is 105 Å². The van der Waals surface area contributed by atoms with Crippen LogP contribution >= 0.6 is 0 Å². The molecule has 0 spiro atoms. The first-order valence-corrected chi connectivity index (χ1v) is 17.9. The summed E-state index contributed by atoms with van der Waals surface area (Å²) in [7, 11) is 4.21. The summed E-state index contributed by atoms with van der Waals surface area (Å²) in [5.74, 6) is 1.82. The van der Waals surface area contributed by atoms with E-state index in [1.807, 2.05) is 36.9 Å². The average molecular weight is 681 g/mol. The van der Waals surface area contributed by atoms with E-state index in [0.717, 1.165) is 66.4 Å². The minimum atomic E-state index is -0.680. The minimum absolute atomic E-state index is 0.680. The van der Waals surface area contributed by atoms with E-state index in [9.17, 15) is 0 Å². The highest BCUT2D eigenvalue weighted by Gasteiger charge is 2.47. The third-order valence-electron chi connectivity index (χ3n) is 11.4. The highest BCUT2D eigenvalue weighted by atomic mass is 15.1. The molecule has 0 atom stereocenters. The first-order valence-electron chi connectivity index (χ1n) is 17.9. The molecule has 11 rings (SSSR count). The van der Waals surface area contributed by atoms with E-state index in [2.05, 4.69) is 155 Å². The zero-order valence-corrected chi connectivity index (χ0v) is 29.2. The Morgan fingerprint density at radius 2 is 0.887 bits per heavy atom. The van der Waals surface area contributed by atoms with E-state index >= 15 is 0 Å². The SMILES string of the molecule is Cn1c(-c2cc(C3(c4cc(-c5nc6ccccc6n5C)c5cnccc5c4)c4ccccc4-c4ccccc43)cc3ccncc23)nc2ccccc21. The van der Waals surface area contributed by atoms with Crippen molar-refractivity contribution in [3.63, 3.8) is 0 Å². The predicted molar refractivity (Wildman–Crippen MR) is 214 cm³/mol. The van der Waals surface area contributed by atoms with E-state index in [1.54, 1.807) is 0 Å². The molecule has 1 aliphatic rings. The van der Waals surface area contributed by atoms with Crippen LogP contribution < -0.4 is 0 Å². The molecule has 53 heavy (non-hydrogen) atoms. The summed E-state index contributed by atoms with van der Waals surface area (Å²) in [5.41, 5.74) is 12.8. The highest BCUT2D eigenvalue weighted by molar-refractivity contribution is 6.01. The Hall–Kier alpha value is -6.92. The molecule has 0 N–H and O–H groups in total. The van der Waals surface area contributed by atoms with Crippen molar-refractivity contribution in [2.24, 2.45) is 14.1 Å². The van der Waals surface area contributed by atoms with Crippen molar-refractivity contribution in [2.45, 2.75) is 5.41 Å². The fraction of sp³-hybridized carbons (Fsp3) is 0.0638. The van der Waals surface area contributed by atoms with Crippen molar-refractivity contribution >= 4 is 43.6 Å². The molecule has 0 saturated carbocycles. The molecular weight excluding hydrogens is 649 g/mol. The average Bonchev–Trinajstić information content (AvgIpc) is 3.84. The summed E-state index contributed by atoms with van der Waals surface area (Å²) in [4.78, 5) is 19.7. The number of aryl methyl sites for hydroxylation is 2. The van der Waals surface area contributed by atoms with Gasteiger partial charge in [0.1, 0.15) is 11.6 Å². The number of para-hydroxylation sites is 4. The summed E-state index contributed by atoms with van der Waals surface area (Å²) in [5, 5.41) is 4.35. The number of hydrogen-bond acceptors (Lipinski definition) is 4. The normalized spacial score (nSPS) is 13.2. The van der Waals surface area contributed by atoms with Gasteiger partial charge in [-0.15, -0.1) is 0 Å². The van der Waals surface area contributed by atoms with Crippen molar-refractivity contribution in [1.82, 2.24) is 29.1 Å². The van der Waals surface area contributed by atoms with Gasteiger partial charge in [0.15, 0.2) is 0 Å². The van der Waals surface area contributed by atoms with Crippen LogP contribution in [0.4, 0.5) is 0 Å². The van der Waals surface area contributed by atoms with Crippen molar-refractivity contribution < 1.29 is 0 Å². The summed E-state index contributed by atoms with van der Waals surface area (Å²) >= 11 is 0. The summed E-state index contributed by atoms with van der Waals surface area (Å²) in [6.45, 7) is 0. The zero-order valence-electron chi connectivity index (χ0n) is 29.2. The first kappa shape index (κ1) is 29.8. The fourth-order valence-electron chi connectivity index (χ4n) is 9.00. The minimum Gasteiger partial charge on any atom is -0.327 e. The maximum absolute atomic E-state index is 5.23. The second kappa shape index (κ2) is 11.0. The van der Waals surface area contributed by atoms with Crippen molar-refractivity contribution in [3.05, 3.63) is 181 Å². The summed E-state index contributed by atoms with van der Waals surface area (Å²) in [6, 6.07) is 48.2. The predicted octanol–water partition coefficient (Wildman–Crippen LogP) is 10.3. The second-order valence-electron chi connectivity index (χ2n) is 14.0. The lowest BCUT2D eigenvalue weighted by atomic mass is 9.66. The molecule has 1 aliphatic carbocycles. The van der Waals surface area contributed by atoms with E-state index in [4.69, 9.17) is 9.97 Å². The van der Waals surface area contributed by atoms with E-state index in [0.29, 0.717) is 0 Å². The second-order valence-corrected chi connectivity index (χ2v) is 14.0. The number of benzene rings is 6. The van der Waals surface area contributed by atoms with Gasteiger partial charge in [-0.1, -0.05) is 72.8 Å². The Kier molecular flexibility index (Phi) is 6.20. The van der Waals surface area contributed by atoms with Crippen LogP contribution in [0, 0.1) is 0 Å². The number of fused-ring (bicyclic) bond motifs is 7. The van der Waals surface area contributed by atoms with Gasteiger partial charge in [-0.2, -0.15) is 0 Å². The van der Waals surface area contributed by atoms with Crippen LogP contribution in [0.1, 0.15) is 22.3 Å². The van der Waals surface area contributed by atoms with Gasteiger partial charge in [0.05, 0.1) is 27.5 Å². The molecule has 6 heteroatoms. The third-order valence-corrected chi connectivity index (χ3v) is 11.4. The molecule has 0 aliphatic heterocycles. The number of aromatic nitrogens is 6. The molecule has 0 fully saturated rings. The molecule has 4 heterocycles. The first-order chi connectivity index (χ1) is 26.1. The lowest BCUT2D eigenvalue weighted by Crippen LogP contribution is -2.29.